The van der Waals surface area contributed by atoms with E-state index in [9.17, 15) is 29.4 Å². The van der Waals surface area contributed by atoms with Gasteiger partial charge in [0.15, 0.2) is 16.7 Å². The van der Waals surface area contributed by atoms with Crippen LogP contribution in [0.25, 0.3) is 11.0 Å². The molecular weight excluding hydrogens is 749 g/mol. The SMILES string of the molecule is CO.COc1ccnc(CSc2nc3ccc(OCCCCCNC(=O)CN4CCN(CC=O)CCN(CC(=O)O)CCN(CC(=O)O)CC4)cc3[nH]2)c1OC. The van der Waals surface area contributed by atoms with Crippen molar-refractivity contribution in [2.45, 2.75) is 30.2 Å². The number of hydrogen-bond acceptors (Lipinski definition) is 15. The number of rotatable bonds is 20. The first kappa shape index (κ1) is 45.9. The zero-order valence-electron chi connectivity index (χ0n) is 32.5. The van der Waals surface area contributed by atoms with E-state index in [1.54, 1.807) is 36.3 Å². The van der Waals surface area contributed by atoms with Gasteiger partial charge < -0.3 is 44.6 Å². The third-order valence-corrected chi connectivity index (χ3v) is 9.79. The number of pyridine rings is 1. The summed E-state index contributed by atoms with van der Waals surface area (Å²) in [6.07, 6.45) is 4.97. The van der Waals surface area contributed by atoms with Gasteiger partial charge in [0.1, 0.15) is 12.0 Å². The number of unbranched alkanes of at least 4 members (excludes halogenated alkanes) is 2. The average Bonchev–Trinajstić information content (AvgIpc) is 3.60. The van der Waals surface area contributed by atoms with Crippen LogP contribution in [0.4, 0.5) is 0 Å². The molecule has 1 amide bonds. The monoisotopic (exact) mass is 804 g/mol. The van der Waals surface area contributed by atoms with Crippen LogP contribution in [-0.2, 0) is 24.9 Å². The highest BCUT2D eigenvalue weighted by atomic mass is 32.2. The van der Waals surface area contributed by atoms with Gasteiger partial charge in [0.2, 0.25) is 5.91 Å². The summed E-state index contributed by atoms with van der Waals surface area (Å²) in [4.78, 5) is 67.0. The fraction of sp³-hybridized carbons (Fsp3) is 0.568. The molecule has 1 fully saturated rings. The molecule has 4 rings (SSSR count). The number of benzene rings is 1. The minimum absolute atomic E-state index is 0.123. The number of carbonyl (C=O) groups is 4. The van der Waals surface area contributed by atoms with Gasteiger partial charge >= 0.3 is 11.9 Å². The molecule has 0 atom stereocenters. The van der Waals surface area contributed by atoms with Gasteiger partial charge in [0.25, 0.3) is 0 Å². The predicted molar refractivity (Wildman–Crippen MR) is 211 cm³/mol. The molecule has 0 bridgehead atoms. The van der Waals surface area contributed by atoms with Gasteiger partial charge in [0.05, 0.1) is 63.7 Å². The Morgan fingerprint density at radius 1 is 0.857 bits per heavy atom. The number of amides is 1. The molecule has 0 radical (unpaired) electrons. The molecule has 3 aromatic rings. The molecular formula is C37H56N8O10S. The molecule has 3 heterocycles. The van der Waals surface area contributed by atoms with Crippen LogP contribution >= 0.6 is 11.8 Å². The summed E-state index contributed by atoms with van der Waals surface area (Å²) in [6.45, 7) is 4.56. The van der Waals surface area contributed by atoms with Crippen LogP contribution in [0.1, 0.15) is 25.0 Å². The molecule has 310 valence electrons. The molecule has 56 heavy (non-hydrogen) atoms. The number of aliphatic carboxylic acids is 2. The smallest absolute Gasteiger partial charge is 0.317 e. The Hall–Kier alpha value is -4.53. The molecule has 19 heteroatoms. The molecule has 1 aliphatic rings. The lowest BCUT2D eigenvalue weighted by Gasteiger charge is -2.32. The van der Waals surface area contributed by atoms with Crippen molar-refractivity contribution in [3.05, 3.63) is 36.2 Å². The van der Waals surface area contributed by atoms with E-state index in [4.69, 9.17) is 19.3 Å². The molecule has 0 unspecified atom stereocenters. The Morgan fingerprint density at radius 3 is 2.07 bits per heavy atom. The maximum Gasteiger partial charge on any atom is 0.317 e. The summed E-state index contributed by atoms with van der Waals surface area (Å²) in [5.74, 6) is 0.470. The number of aromatic nitrogens is 3. The number of nitrogens with zero attached hydrogens (tertiary/aromatic N) is 6. The lowest BCUT2D eigenvalue weighted by molar-refractivity contribution is -0.140. The molecule has 1 aliphatic heterocycles. The van der Waals surface area contributed by atoms with Gasteiger partial charge in [-0.25, -0.2) is 4.98 Å². The summed E-state index contributed by atoms with van der Waals surface area (Å²) in [7, 11) is 4.19. The second kappa shape index (κ2) is 25.6. The lowest BCUT2D eigenvalue weighted by atomic mass is 10.2. The number of carboxylic acids is 2. The third kappa shape index (κ3) is 16.3. The molecule has 1 saturated heterocycles. The van der Waals surface area contributed by atoms with Crippen molar-refractivity contribution >= 4 is 46.9 Å². The maximum atomic E-state index is 12.9. The Morgan fingerprint density at radius 2 is 1.48 bits per heavy atom. The largest absolute Gasteiger partial charge is 0.494 e. The third-order valence-electron chi connectivity index (χ3n) is 8.90. The van der Waals surface area contributed by atoms with Crippen molar-refractivity contribution in [1.82, 2.24) is 39.9 Å². The van der Waals surface area contributed by atoms with Gasteiger partial charge in [-0.15, -0.1) is 0 Å². The Labute approximate surface area is 331 Å². The minimum Gasteiger partial charge on any atom is -0.494 e. The first-order chi connectivity index (χ1) is 27.2. The second-order valence-electron chi connectivity index (χ2n) is 12.8. The first-order valence-corrected chi connectivity index (χ1v) is 19.4. The number of fused-ring (bicyclic) bond motifs is 1. The molecule has 18 nitrogen and oxygen atoms in total. The number of methoxy groups -OCH3 is 2. The number of thioether (sulfide) groups is 1. The number of aliphatic hydroxyl groups excluding tert-OH is 1. The second-order valence-corrected chi connectivity index (χ2v) is 13.8. The minimum atomic E-state index is -0.970. The number of hydrogen-bond donors (Lipinski definition) is 5. The van der Waals surface area contributed by atoms with Gasteiger partial charge in [-0.1, -0.05) is 11.8 Å². The molecule has 0 saturated carbocycles. The number of ether oxygens (including phenoxy) is 3. The van der Waals surface area contributed by atoms with Crippen LogP contribution < -0.4 is 19.5 Å². The van der Waals surface area contributed by atoms with Crippen molar-refractivity contribution in [3.8, 4) is 17.2 Å². The van der Waals surface area contributed by atoms with Crippen molar-refractivity contribution < 1.29 is 48.7 Å². The van der Waals surface area contributed by atoms with E-state index >= 15 is 0 Å². The number of H-pyrrole nitrogens is 1. The molecule has 5 N–H and O–H groups in total. The van der Waals surface area contributed by atoms with Crippen LogP contribution in [-0.4, -0.2) is 187 Å². The van der Waals surface area contributed by atoms with E-state index < -0.39 is 11.9 Å². The number of nitrogens with one attached hydrogen (secondary N) is 2. The van der Waals surface area contributed by atoms with Crippen molar-refractivity contribution in [2.24, 2.45) is 0 Å². The Kier molecular flexibility index (Phi) is 21.0. The summed E-state index contributed by atoms with van der Waals surface area (Å²) in [6, 6.07) is 7.51. The highest BCUT2D eigenvalue weighted by molar-refractivity contribution is 7.98. The highest BCUT2D eigenvalue weighted by Crippen LogP contribution is 2.33. The van der Waals surface area contributed by atoms with Gasteiger partial charge in [0, 0.05) is 90.1 Å². The quantitative estimate of drug-likeness (QED) is 0.0614. The standard InChI is InChI=1S/C36H52N8O9S.CH4O/c1-51-31-8-10-37-30(35(31)52-2)26-54-36-39-28-7-6-27(22-29(28)40-36)53-21-5-3-4-9-38-32(46)23-42-13-11-41(19-20-45)12-14-43(24-33(47)48)17-18-44(16-15-42)25-34(49)50;1-2/h6-8,10,20,22H,3-5,9,11-19,21,23-26H2,1-2H3,(H,38,46)(H,39,40)(H,47,48)(H,49,50);2H,1H3. The van der Waals surface area contributed by atoms with Gasteiger partial charge in [-0.2, -0.15) is 0 Å². The first-order valence-electron chi connectivity index (χ1n) is 18.5. The Bertz CT molecular complexity index is 1660. The van der Waals surface area contributed by atoms with Crippen molar-refractivity contribution in [2.75, 3.05) is 113 Å². The van der Waals surface area contributed by atoms with Crippen LogP contribution in [0.3, 0.4) is 0 Å². The fourth-order valence-corrected chi connectivity index (χ4v) is 6.84. The normalized spacial score (nSPS) is 15.1. The van der Waals surface area contributed by atoms with Crippen molar-refractivity contribution in [1.29, 1.82) is 0 Å². The summed E-state index contributed by atoms with van der Waals surface area (Å²) >= 11 is 1.51. The number of aliphatic hydroxyl groups is 1. The van der Waals surface area contributed by atoms with E-state index in [1.807, 2.05) is 28.0 Å². The van der Waals surface area contributed by atoms with E-state index in [-0.39, 0.29) is 32.1 Å². The van der Waals surface area contributed by atoms with Gasteiger partial charge in [-0.05, 0) is 31.4 Å². The van der Waals surface area contributed by atoms with E-state index in [0.717, 1.165) is 60.3 Å². The van der Waals surface area contributed by atoms with Crippen LogP contribution in [0.2, 0.25) is 0 Å². The topological polar surface area (TPSA) is 223 Å². The zero-order valence-corrected chi connectivity index (χ0v) is 33.3. The van der Waals surface area contributed by atoms with E-state index in [1.165, 1.54) is 11.8 Å². The molecule has 1 aromatic carbocycles. The van der Waals surface area contributed by atoms with Crippen molar-refractivity contribution in [3.63, 3.8) is 0 Å². The predicted octanol–water partition coefficient (Wildman–Crippen LogP) is 1.13. The zero-order chi connectivity index (χ0) is 40.7. The Balaban J connectivity index is 0.00000414. The van der Waals surface area contributed by atoms with Gasteiger partial charge in [-0.3, -0.25) is 39.0 Å². The summed E-state index contributed by atoms with van der Waals surface area (Å²) < 4.78 is 16.8. The summed E-state index contributed by atoms with van der Waals surface area (Å²) in [5.41, 5.74) is 2.47. The van der Waals surface area contributed by atoms with Crippen LogP contribution in [0.15, 0.2) is 35.6 Å². The number of aldehydes is 1. The number of imidazole rings is 1. The molecule has 0 aliphatic carbocycles. The highest BCUT2D eigenvalue weighted by Gasteiger charge is 2.20. The number of carbonyl (C=O) groups excluding carboxylic acids is 2. The number of carboxylic acid groups (broad SMARTS) is 2. The summed E-state index contributed by atoms with van der Waals surface area (Å²) in [5, 5.41) is 29.5. The van der Waals surface area contributed by atoms with Crippen LogP contribution in [0, 0.1) is 0 Å². The number of aromatic amines is 1. The van der Waals surface area contributed by atoms with Crippen LogP contribution in [0.5, 0.6) is 17.2 Å². The van der Waals surface area contributed by atoms with E-state index in [2.05, 4.69) is 20.3 Å². The maximum absolute atomic E-state index is 12.9. The fourth-order valence-electron chi connectivity index (χ4n) is 6.02. The average molecular weight is 805 g/mol. The van der Waals surface area contributed by atoms with E-state index in [0.29, 0.717) is 82.8 Å². The lowest BCUT2D eigenvalue weighted by Crippen LogP contribution is -2.49. The molecule has 0 spiro atoms. The molecule has 2 aromatic heterocycles.